The van der Waals surface area contributed by atoms with Crippen LogP contribution in [0.1, 0.15) is 62.6 Å². The van der Waals surface area contributed by atoms with Gasteiger partial charge >= 0.3 is 5.69 Å². The number of aliphatic hydroxyl groups excluding tert-OH is 1. The van der Waals surface area contributed by atoms with Crippen molar-refractivity contribution in [1.29, 1.82) is 5.26 Å². The Morgan fingerprint density at radius 1 is 1.28 bits per heavy atom. The number of rotatable bonds is 12. The van der Waals surface area contributed by atoms with Crippen LogP contribution >= 0.6 is 11.3 Å². The van der Waals surface area contributed by atoms with E-state index < -0.39 is 28.7 Å². The number of fused-ring (bicyclic) bond motifs is 1. The van der Waals surface area contributed by atoms with Crippen LogP contribution in [0.4, 0.5) is 4.39 Å². The molecule has 0 unspecified atom stereocenters. The first kappa shape index (κ1) is 30.2. The molecule has 3 rings (SSSR count). The molecule has 0 aliphatic heterocycles. The third-order valence-corrected chi connectivity index (χ3v) is 8.01. The van der Waals surface area contributed by atoms with Crippen molar-refractivity contribution in [3.8, 4) is 11.8 Å². The van der Waals surface area contributed by atoms with E-state index in [9.17, 15) is 23.9 Å². The summed E-state index contributed by atoms with van der Waals surface area (Å²) < 4.78 is 28.0. The van der Waals surface area contributed by atoms with Crippen LogP contribution in [0, 0.1) is 30.0 Å². The maximum Gasteiger partial charge on any atom is 0.333 e. The molecule has 0 aliphatic carbocycles. The average Bonchev–Trinajstić information content (AvgIpc) is 3.21. The highest BCUT2D eigenvalue weighted by molar-refractivity contribution is 7.18. The average molecular weight is 560 g/mol. The summed E-state index contributed by atoms with van der Waals surface area (Å²) in [5.41, 5.74) is -1.98. The topological polar surface area (TPSA) is 124 Å². The number of halogens is 1. The number of aromatic nitrogens is 2. The minimum atomic E-state index is -1.46. The number of ether oxygens (including phenoxy) is 2. The van der Waals surface area contributed by atoms with Crippen LogP contribution in [0.3, 0.4) is 0 Å². The molecule has 0 bridgehead atoms. The number of Topliss-reactive ketones (excluding diaryl/α,β-unsaturated/α-hetero) is 1. The molecule has 0 saturated carbocycles. The lowest BCUT2D eigenvalue weighted by Crippen LogP contribution is -2.53. The van der Waals surface area contributed by atoms with Crippen molar-refractivity contribution < 1.29 is 23.8 Å². The number of hydrogen-bond donors (Lipinski definition) is 1. The van der Waals surface area contributed by atoms with Crippen molar-refractivity contribution >= 4 is 27.3 Å². The number of hydrogen-bond acceptors (Lipinski definition) is 8. The standard InChI is InChI=1S/C28H34FN3O6S/c1-16(2)12-23(34)28(4,5)32-25(35)24-17(3)22(15-33)39-26(24)31(27(32)36)14-21(38-11-7-10-30)19-13-18(29)8-9-20(19)37-6/h8-9,13,16,21,33H,7,11-12,14-15H2,1-6H3/t21-/m0/s1. The van der Waals surface area contributed by atoms with E-state index in [2.05, 4.69) is 0 Å². The lowest BCUT2D eigenvalue weighted by molar-refractivity contribution is -0.127. The quantitative estimate of drug-likeness (QED) is 0.330. The number of benzene rings is 1. The molecule has 0 saturated heterocycles. The molecule has 1 atom stereocenters. The van der Waals surface area contributed by atoms with Crippen molar-refractivity contribution in [3.63, 3.8) is 0 Å². The van der Waals surface area contributed by atoms with Crippen LogP contribution in [0.15, 0.2) is 27.8 Å². The molecule has 2 aromatic heterocycles. The number of aliphatic hydroxyl groups is 1. The predicted molar refractivity (Wildman–Crippen MR) is 147 cm³/mol. The summed E-state index contributed by atoms with van der Waals surface area (Å²) in [6.07, 6.45) is -0.714. The Bertz CT molecular complexity index is 1530. The highest BCUT2D eigenvalue weighted by Gasteiger charge is 2.35. The molecule has 11 heteroatoms. The van der Waals surface area contributed by atoms with Crippen LogP contribution in [0.25, 0.3) is 10.2 Å². The third-order valence-electron chi connectivity index (χ3n) is 6.71. The number of aryl methyl sites for hydroxylation is 1. The number of methoxy groups -OCH3 is 1. The van der Waals surface area contributed by atoms with Gasteiger partial charge in [0.1, 0.15) is 28.0 Å². The van der Waals surface area contributed by atoms with Gasteiger partial charge in [0.15, 0.2) is 5.78 Å². The summed E-state index contributed by atoms with van der Waals surface area (Å²) >= 11 is 1.10. The summed E-state index contributed by atoms with van der Waals surface area (Å²) in [5.74, 6) is -0.480. The molecule has 210 valence electrons. The lowest BCUT2D eigenvalue weighted by atomic mass is 9.91. The van der Waals surface area contributed by atoms with Crippen LogP contribution < -0.4 is 16.0 Å². The largest absolute Gasteiger partial charge is 0.496 e. The van der Waals surface area contributed by atoms with Crippen molar-refractivity contribution in [2.24, 2.45) is 5.92 Å². The molecule has 39 heavy (non-hydrogen) atoms. The first-order valence-electron chi connectivity index (χ1n) is 12.6. The maximum absolute atomic E-state index is 14.3. The molecular formula is C28H34FN3O6S. The maximum atomic E-state index is 14.3. The second-order valence-electron chi connectivity index (χ2n) is 10.3. The molecule has 0 aliphatic rings. The van der Waals surface area contributed by atoms with Crippen molar-refractivity contribution in [1.82, 2.24) is 9.13 Å². The van der Waals surface area contributed by atoms with Gasteiger partial charge in [-0.1, -0.05) is 13.8 Å². The summed E-state index contributed by atoms with van der Waals surface area (Å²) in [6.45, 7) is 8.03. The highest BCUT2D eigenvalue weighted by Crippen LogP contribution is 2.33. The monoisotopic (exact) mass is 559 g/mol. The van der Waals surface area contributed by atoms with E-state index in [4.69, 9.17) is 14.7 Å². The second kappa shape index (κ2) is 12.2. The zero-order valence-corrected chi connectivity index (χ0v) is 23.9. The van der Waals surface area contributed by atoms with Crippen molar-refractivity contribution in [2.45, 2.75) is 72.3 Å². The van der Waals surface area contributed by atoms with Gasteiger partial charge in [0.25, 0.3) is 5.56 Å². The summed E-state index contributed by atoms with van der Waals surface area (Å²) in [6, 6.07) is 5.91. The Labute approximate surface area is 230 Å². The number of carbonyl (C=O) groups is 1. The molecule has 0 fully saturated rings. The Morgan fingerprint density at radius 3 is 2.56 bits per heavy atom. The molecule has 0 radical (unpaired) electrons. The van der Waals surface area contributed by atoms with E-state index in [-0.39, 0.29) is 49.7 Å². The van der Waals surface area contributed by atoms with Gasteiger partial charge in [-0.15, -0.1) is 11.3 Å². The Balaban J connectivity index is 2.34. The predicted octanol–water partition coefficient (Wildman–Crippen LogP) is 4.20. The molecular weight excluding hydrogens is 525 g/mol. The summed E-state index contributed by atoms with van der Waals surface area (Å²) in [5, 5.41) is 19.2. The normalized spacial score (nSPS) is 12.6. The molecule has 3 aromatic rings. The fourth-order valence-electron chi connectivity index (χ4n) is 4.55. The highest BCUT2D eigenvalue weighted by atomic mass is 32.1. The van der Waals surface area contributed by atoms with Crippen LogP contribution in [-0.4, -0.2) is 33.7 Å². The van der Waals surface area contributed by atoms with E-state index in [1.54, 1.807) is 20.8 Å². The Kier molecular flexibility index (Phi) is 9.48. The zero-order valence-electron chi connectivity index (χ0n) is 23.0. The smallest absolute Gasteiger partial charge is 0.333 e. The van der Waals surface area contributed by atoms with E-state index in [1.165, 1.54) is 29.9 Å². The van der Waals surface area contributed by atoms with Crippen LogP contribution in [-0.2, 0) is 28.2 Å². The number of nitrogens with zero attached hydrogens (tertiary/aromatic N) is 3. The van der Waals surface area contributed by atoms with Gasteiger partial charge in [0, 0.05) is 16.9 Å². The molecule has 9 nitrogen and oxygen atoms in total. The van der Waals surface area contributed by atoms with Crippen LogP contribution in [0.5, 0.6) is 5.75 Å². The summed E-state index contributed by atoms with van der Waals surface area (Å²) in [7, 11) is 1.42. The fourth-order valence-corrected chi connectivity index (χ4v) is 5.71. The van der Waals surface area contributed by atoms with Gasteiger partial charge in [-0.25, -0.2) is 13.8 Å². The zero-order chi connectivity index (χ0) is 29.1. The molecule has 0 spiro atoms. The number of ketones is 1. The van der Waals surface area contributed by atoms with E-state index in [0.29, 0.717) is 26.6 Å². The fraction of sp³-hybridized carbons (Fsp3) is 0.500. The number of nitriles is 1. The number of carbonyl (C=O) groups excluding carboxylic acids is 1. The molecule has 2 heterocycles. The summed E-state index contributed by atoms with van der Waals surface area (Å²) in [4.78, 5) is 41.9. The van der Waals surface area contributed by atoms with Gasteiger partial charge in [-0.05, 0) is 50.5 Å². The van der Waals surface area contributed by atoms with E-state index >= 15 is 0 Å². The Morgan fingerprint density at radius 2 is 1.97 bits per heavy atom. The van der Waals surface area contributed by atoms with Gasteiger partial charge in [-0.2, -0.15) is 5.26 Å². The van der Waals surface area contributed by atoms with E-state index in [1.807, 2.05) is 19.9 Å². The first-order valence-corrected chi connectivity index (χ1v) is 13.4. The lowest BCUT2D eigenvalue weighted by Gasteiger charge is -2.28. The minimum Gasteiger partial charge on any atom is -0.496 e. The molecule has 1 N–H and O–H groups in total. The second-order valence-corrected chi connectivity index (χ2v) is 11.3. The Hall–Kier alpha value is -3.33. The first-order chi connectivity index (χ1) is 18.4. The van der Waals surface area contributed by atoms with E-state index in [0.717, 1.165) is 15.9 Å². The third kappa shape index (κ3) is 5.98. The minimum absolute atomic E-state index is 0.00208. The van der Waals surface area contributed by atoms with Gasteiger partial charge in [0.05, 0.1) is 44.7 Å². The number of thiophene rings is 1. The SMILES string of the molecule is COc1ccc(F)cc1[C@H](Cn1c(=O)n(C(C)(C)C(=O)CC(C)C)c(=O)c2c(C)c(CO)sc21)OCCC#N. The van der Waals surface area contributed by atoms with Gasteiger partial charge in [-0.3, -0.25) is 14.2 Å². The molecule has 0 amide bonds. The van der Waals surface area contributed by atoms with Crippen molar-refractivity contribution in [3.05, 3.63) is 60.9 Å². The molecule has 1 aromatic carbocycles. The van der Waals surface area contributed by atoms with Gasteiger partial charge in [0.2, 0.25) is 0 Å². The van der Waals surface area contributed by atoms with Gasteiger partial charge < -0.3 is 14.6 Å². The van der Waals surface area contributed by atoms with Crippen molar-refractivity contribution in [2.75, 3.05) is 13.7 Å². The van der Waals surface area contributed by atoms with Crippen LogP contribution in [0.2, 0.25) is 0 Å².